The Kier molecular flexibility index (Phi) is 2.76. The van der Waals surface area contributed by atoms with Gasteiger partial charge >= 0.3 is 0 Å². The summed E-state index contributed by atoms with van der Waals surface area (Å²) in [5.41, 5.74) is 7.40. The first-order valence-electron chi connectivity index (χ1n) is 6.01. The van der Waals surface area contributed by atoms with Crippen molar-refractivity contribution in [2.24, 2.45) is 0 Å². The summed E-state index contributed by atoms with van der Waals surface area (Å²) in [7, 11) is 1.62. The molecule has 1 aliphatic rings. The summed E-state index contributed by atoms with van der Waals surface area (Å²) in [5.74, 6) is 0.971. The Balaban J connectivity index is 2.24. The third-order valence-corrected chi connectivity index (χ3v) is 3.19. The normalized spacial score (nSPS) is 19.3. The fourth-order valence-electron chi connectivity index (χ4n) is 2.37. The molecule has 0 aliphatic carbocycles. The maximum absolute atomic E-state index is 5.78. The molecule has 1 saturated heterocycles. The van der Waals surface area contributed by atoms with E-state index in [2.05, 4.69) is 9.97 Å². The minimum Gasteiger partial charge on any atom is -0.494 e. The number of nitrogens with two attached hydrogens (primary N) is 1. The Bertz CT molecular complexity index is 580. The van der Waals surface area contributed by atoms with Crippen LogP contribution < -0.4 is 10.5 Å². The lowest BCUT2D eigenvalue weighted by Crippen LogP contribution is -2.06. The van der Waals surface area contributed by atoms with E-state index in [0.29, 0.717) is 5.75 Å². The van der Waals surface area contributed by atoms with Crippen molar-refractivity contribution < 1.29 is 9.47 Å². The third kappa shape index (κ3) is 1.76. The van der Waals surface area contributed by atoms with E-state index in [4.69, 9.17) is 15.2 Å². The van der Waals surface area contributed by atoms with Crippen LogP contribution in [0.1, 0.15) is 24.6 Å². The number of fused-ring (bicyclic) bond motifs is 1. The quantitative estimate of drug-likeness (QED) is 0.877. The van der Waals surface area contributed by atoms with Crippen LogP contribution in [0.2, 0.25) is 0 Å². The second-order valence-electron chi connectivity index (χ2n) is 4.33. The summed E-state index contributed by atoms with van der Waals surface area (Å²) >= 11 is 0. The summed E-state index contributed by atoms with van der Waals surface area (Å²) < 4.78 is 11.0. The van der Waals surface area contributed by atoms with Gasteiger partial charge in [-0.15, -0.1) is 0 Å². The van der Waals surface area contributed by atoms with Crippen molar-refractivity contribution >= 4 is 16.9 Å². The zero-order chi connectivity index (χ0) is 12.5. The number of para-hydroxylation sites is 1. The predicted molar refractivity (Wildman–Crippen MR) is 68.4 cm³/mol. The molecule has 94 valence electrons. The molecule has 1 fully saturated rings. The molecule has 1 atom stereocenters. The van der Waals surface area contributed by atoms with E-state index >= 15 is 0 Å². The highest BCUT2D eigenvalue weighted by molar-refractivity contribution is 5.87. The summed E-state index contributed by atoms with van der Waals surface area (Å²) in [6.45, 7) is 0.778. The van der Waals surface area contributed by atoms with E-state index in [9.17, 15) is 0 Å². The van der Waals surface area contributed by atoms with Gasteiger partial charge in [-0.05, 0) is 18.9 Å². The van der Waals surface area contributed by atoms with Crippen molar-refractivity contribution in [3.05, 3.63) is 23.9 Å². The maximum Gasteiger partial charge on any atom is 0.221 e. The Hall–Kier alpha value is -1.88. The number of anilines is 1. The number of rotatable bonds is 2. The zero-order valence-corrected chi connectivity index (χ0v) is 10.2. The van der Waals surface area contributed by atoms with E-state index in [1.54, 1.807) is 7.11 Å². The first-order chi connectivity index (χ1) is 8.79. The molecule has 3 rings (SSSR count). The molecule has 1 aromatic heterocycles. The number of hydrogen-bond donors (Lipinski definition) is 1. The lowest BCUT2D eigenvalue weighted by molar-refractivity contribution is 0.110. The number of nitrogens with zero attached hydrogens (tertiary/aromatic N) is 2. The summed E-state index contributed by atoms with van der Waals surface area (Å²) in [6, 6.07) is 5.78. The molecule has 0 saturated carbocycles. The van der Waals surface area contributed by atoms with E-state index < -0.39 is 0 Å². The molecule has 0 amide bonds. The molecule has 1 aliphatic heterocycles. The molecule has 2 heterocycles. The minimum absolute atomic E-state index is 0.0184. The van der Waals surface area contributed by atoms with Crippen molar-refractivity contribution in [1.29, 1.82) is 0 Å². The Labute approximate surface area is 105 Å². The van der Waals surface area contributed by atoms with Gasteiger partial charge in [0.15, 0.2) is 0 Å². The molecule has 0 spiro atoms. The molecule has 2 aromatic rings. The maximum atomic E-state index is 5.78. The van der Waals surface area contributed by atoms with Gasteiger partial charge in [-0.1, -0.05) is 12.1 Å². The molecule has 1 aromatic carbocycles. The topological polar surface area (TPSA) is 70.3 Å². The first-order valence-corrected chi connectivity index (χ1v) is 6.01. The lowest BCUT2D eigenvalue weighted by atomic mass is 10.1. The van der Waals surface area contributed by atoms with Crippen LogP contribution >= 0.6 is 0 Å². The lowest BCUT2D eigenvalue weighted by Gasteiger charge is -2.13. The fourth-order valence-corrected chi connectivity index (χ4v) is 2.37. The zero-order valence-electron chi connectivity index (χ0n) is 10.2. The molecule has 5 heteroatoms. The molecule has 5 nitrogen and oxygen atoms in total. The molecular formula is C13H15N3O2. The molecule has 18 heavy (non-hydrogen) atoms. The molecular weight excluding hydrogens is 230 g/mol. The fraction of sp³-hybridized carbons (Fsp3) is 0.385. The number of ether oxygens (including phenoxy) is 2. The Morgan fingerprint density at radius 1 is 1.39 bits per heavy atom. The summed E-state index contributed by atoms with van der Waals surface area (Å²) in [5, 5.41) is 0.954. The third-order valence-electron chi connectivity index (χ3n) is 3.19. The van der Waals surface area contributed by atoms with Gasteiger partial charge in [0.25, 0.3) is 0 Å². The highest BCUT2D eigenvalue weighted by Gasteiger charge is 2.23. The van der Waals surface area contributed by atoms with Gasteiger partial charge in [0.2, 0.25) is 5.95 Å². The van der Waals surface area contributed by atoms with Crippen LogP contribution in [0.3, 0.4) is 0 Å². The monoisotopic (exact) mass is 245 g/mol. The molecule has 0 bridgehead atoms. The van der Waals surface area contributed by atoms with Gasteiger partial charge in [0.05, 0.1) is 12.8 Å². The highest BCUT2D eigenvalue weighted by Crippen LogP contribution is 2.34. The van der Waals surface area contributed by atoms with Crippen LogP contribution in [-0.2, 0) is 4.74 Å². The van der Waals surface area contributed by atoms with Gasteiger partial charge in [0, 0.05) is 12.0 Å². The average Bonchev–Trinajstić information content (AvgIpc) is 2.90. The van der Waals surface area contributed by atoms with Gasteiger partial charge in [-0.25, -0.2) is 9.97 Å². The van der Waals surface area contributed by atoms with Crippen molar-refractivity contribution in [3.63, 3.8) is 0 Å². The smallest absolute Gasteiger partial charge is 0.221 e. The molecule has 0 radical (unpaired) electrons. The van der Waals surface area contributed by atoms with Crippen LogP contribution in [0.25, 0.3) is 10.9 Å². The number of aromatic nitrogens is 2. The largest absolute Gasteiger partial charge is 0.494 e. The molecule has 2 N–H and O–H groups in total. The summed E-state index contributed by atoms with van der Waals surface area (Å²) in [4.78, 5) is 8.61. The van der Waals surface area contributed by atoms with Gasteiger partial charge in [-0.2, -0.15) is 0 Å². The van der Waals surface area contributed by atoms with Crippen molar-refractivity contribution in [2.45, 2.75) is 18.9 Å². The van der Waals surface area contributed by atoms with Crippen LogP contribution in [0.4, 0.5) is 5.95 Å². The molecule has 1 unspecified atom stereocenters. The van der Waals surface area contributed by atoms with Crippen molar-refractivity contribution in [2.75, 3.05) is 19.5 Å². The highest BCUT2D eigenvalue weighted by atomic mass is 16.5. The number of nitrogen functional groups attached to an aromatic ring is 1. The summed E-state index contributed by atoms with van der Waals surface area (Å²) in [6.07, 6.45) is 2.05. The Morgan fingerprint density at radius 3 is 3.00 bits per heavy atom. The second kappa shape index (κ2) is 4.42. The van der Waals surface area contributed by atoms with Gasteiger partial charge < -0.3 is 15.2 Å². The minimum atomic E-state index is 0.0184. The van der Waals surface area contributed by atoms with Gasteiger partial charge in [0.1, 0.15) is 17.4 Å². The van der Waals surface area contributed by atoms with Crippen LogP contribution in [-0.4, -0.2) is 23.7 Å². The SMILES string of the molecule is COc1cccc2c(C3CCCO3)nc(N)nc12. The van der Waals surface area contributed by atoms with Crippen LogP contribution in [0.15, 0.2) is 18.2 Å². The van der Waals surface area contributed by atoms with Crippen LogP contribution in [0.5, 0.6) is 5.75 Å². The average molecular weight is 245 g/mol. The number of hydrogen-bond acceptors (Lipinski definition) is 5. The standard InChI is InChI=1S/C13H15N3O2/c1-17-9-5-2-4-8-11(9)15-13(14)16-12(8)10-6-3-7-18-10/h2,4-5,10H,3,6-7H2,1H3,(H2,14,15,16). The van der Waals surface area contributed by atoms with E-state index in [1.807, 2.05) is 18.2 Å². The first kappa shape index (κ1) is 11.2. The van der Waals surface area contributed by atoms with Crippen molar-refractivity contribution in [3.8, 4) is 5.75 Å². The van der Waals surface area contributed by atoms with E-state index in [1.165, 1.54) is 0 Å². The number of methoxy groups -OCH3 is 1. The van der Waals surface area contributed by atoms with Crippen molar-refractivity contribution in [1.82, 2.24) is 9.97 Å². The predicted octanol–water partition coefficient (Wildman–Crippen LogP) is 2.07. The van der Waals surface area contributed by atoms with Crippen LogP contribution in [0, 0.1) is 0 Å². The number of benzene rings is 1. The van der Waals surface area contributed by atoms with E-state index in [-0.39, 0.29) is 12.1 Å². The second-order valence-corrected chi connectivity index (χ2v) is 4.33. The van der Waals surface area contributed by atoms with E-state index in [0.717, 1.165) is 36.0 Å². The van der Waals surface area contributed by atoms with Gasteiger partial charge in [-0.3, -0.25) is 0 Å². The Morgan fingerprint density at radius 2 is 2.28 bits per heavy atom.